The summed E-state index contributed by atoms with van der Waals surface area (Å²) in [5.74, 6) is -9.27. The van der Waals surface area contributed by atoms with Crippen molar-refractivity contribution in [1.29, 1.82) is 0 Å². The van der Waals surface area contributed by atoms with Crippen molar-refractivity contribution in [2.24, 2.45) is 0 Å². The van der Waals surface area contributed by atoms with Crippen molar-refractivity contribution in [2.45, 2.75) is 19.1 Å². The van der Waals surface area contributed by atoms with Gasteiger partial charge in [0.1, 0.15) is 6.61 Å². The van der Waals surface area contributed by atoms with Crippen LogP contribution in [0, 0.1) is 23.3 Å². The fraction of sp³-hybridized carbons (Fsp3) is 0.294. The zero-order valence-corrected chi connectivity index (χ0v) is 15.0. The van der Waals surface area contributed by atoms with Gasteiger partial charge in [0.25, 0.3) is 0 Å². The molecule has 1 atom stereocenters. The van der Waals surface area contributed by atoms with Crippen LogP contribution >= 0.6 is 11.3 Å². The Labute approximate surface area is 160 Å². The first kappa shape index (κ1) is 21.6. The number of ketones is 1. The number of hydrogen-bond acceptors (Lipinski definition) is 5. The fourth-order valence-electron chi connectivity index (χ4n) is 2.15. The van der Waals surface area contributed by atoms with Gasteiger partial charge < -0.3 is 19.9 Å². The zero-order valence-electron chi connectivity index (χ0n) is 14.2. The number of ether oxygens (including phenoxy) is 2. The molecular formula is C17H15F4NO5S. The third-order valence-corrected chi connectivity index (χ3v) is 4.25. The summed E-state index contributed by atoms with van der Waals surface area (Å²) in [5.41, 5.74) is 0.904. The van der Waals surface area contributed by atoms with E-state index in [9.17, 15) is 27.2 Å². The van der Waals surface area contributed by atoms with Gasteiger partial charge in [-0.05, 0) is 28.8 Å². The average Bonchev–Trinajstić information content (AvgIpc) is 3.15. The minimum Gasteiger partial charge on any atom is -0.479 e. The van der Waals surface area contributed by atoms with Crippen LogP contribution in [-0.2, 0) is 16.1 Å². The Hall–Kier alpha value is -2.66. The number of rotatable bonds is 10. The monoisotopic (exact) mass is 421 g/mol. The molecule has 0 aliphatic heterocycles. The number of hydrogen-bond donors (Lipinski definition) is 2. The van der Waals surface area contributed by atoms with Crippen LogP contribution in [0.3, 0.4) is 0 Å². The molecule has 0 aliphatic rings. The molecule has 2 rings (SSSR count). The lowest BCUT2D eigenvalue weighted by atomic mass is 10.1. The number of Topliss-reactive ketones (excluding diaryl/α,β-unsaturated/α-hetero) is 1. The van der Waals surface area contributed by atoms with Crippen molar-refractivity contribution < 1.29 is 41.7 Å². The second-order valence-corrected chi connectivity index (χ2v) is 6.31. The highest BCUT2D eigenvalue weighted by atomic mass is 32.1. The van der Waals surface area contributed by atoms with E-state index in [1.165, 1.54) is 11.3 Å². The smallest absolute Gasteiger partial charge is 0.405 e. The quantitative estimate of drug-likeness (QED) is 0.349. The van der Waals surface area contributed by atoms with E-state index < -0.39 is 53.5 Å². The number of amides is 1. The standard InChI is InChI=1S/C17H15F4NO5S/c18-10-5-11(19)15(21)16(14(10)20)27-7-13(23)12(22-17(24)25)1-3-26-6-9-2-4-28-8-9/h2,4-5,8,12,22H,1,3,6-7H2,(H,24,25)/t12-/m0/s1. The molecular weight excluding hydrogens is 406 g/mol. The molecule has 1 amide bonds. The first-order chi connectivity index (χ1) is 13.3. The molecule has 0 radical (unpaired) electrons. The lowest BCUT2D eigenvalue weighted by molar-refractivity contribution is -0.123. The normalized spacial score (nSPS) is 11.9. The summed E-state index contributed by atoms with van der Waals surface area (Å²) < 4.78 is 63.3. The average molecular weight is 421 g/mol. The molecule has 2 N–H and O–H groups in total. The Morgan fingerprint density at radius 3 is 2.43 bits per heavy atom. The van der Waals surface area contributed by atoms with E-state index in [4.69, 9.17) is 9.84 Å². The Bertz CT molecular complexity index is 805. The lowest BCUT2D eigenvalue weighted by Gasteiger charge is -2.16. The number of benzene rings is 1. The topological polar surface area (TPSA) is 84.9 Å². The van der Waals surface area contributed by atoms with Crippen LogP contribution in [0.25, 0.3) is 0 Å². The van der Waals surface area contributed by atoms with Gasteiger partial charge in [-0.1, -0.05) is 0 Å². The number of thiophene rings is 1. The molecule has 1 aromatic carbocycles. The van der Waals surface area contributed by atoms with Gasteiger partial charge in [-0.25, -0.2) is 13.6 Å². The minimum absolute atomic E-state index is 0.00103. The molecule has 0 bridgehead atoms. The Kier molecular flexibility index (Phi) is 7.76. The molecule has 0 spiro atoms. The SMILES string of the molecule is O=C(O)N[C@@H](CCOCc1ccsc1)C(=O)COc1c(F)c(F)cc(F)c1F. The Morgan fingerprint density at radius 2 is 1.86 bits per heavy atom. The molecule has 1 heterocycles. The minimum atomic E-state index is -1.80. The van der Waals surface area contributed by atoms with Gasteiger partial charge in [0, 0.05) is 12.7 Å². The number of carboxylic acid groups (broad SMARTS) is 1. The maximum absolute atomic E-state index is 13.5. The van der Waals surface area contributed by atoms with Gasteiger partial charge in [0.2, 0.25) is 11.6 Å². The number of halogens is 4. The van der Waals surface area contributed by atoms with Gasteiger partial charge in [-0.15, -0.1) is 0 Å². The summed E-state index contributed by atoms with van der Waals surface area (Å²) >= 11 is 1.47. The highest BCUT2D eigenvalue weighted by molar-refractivity contribution is 7.07. The molecule has 1 aromatic heterocycles. The van der Waals surface area contributed by atoms with Crippen molar-refractivity contribution in [3.8, 4) is 5.75 Å². The summed E-state index contributed by atoms with van der Waals surface area (Å²) in [5, 5.41) is 14.5. The van der Waals surface area contributed by atoms with Crippen molar-refractivity contribution in [3.05, 3.63) is 51.7 Å². The Morgan fingerprint density at radius 1 is 1.18 bits per heavy atom. The molecule has 6 nitrogen and oxygen atoms in total. The van der Waals surface area contributed by atoms with Gasteiger partial charge >= 0.3 is 6.09 Å². The van der Waals surface area contributed by atoms with E-state index in [0.717, 1.165) is 5.56 Å². The summed E-state index contributed by atoms with van der Waals surface area (Å²) in [6.07, 6.45) is -1.59. The van der Waals surface area contributed by atoms with E-state index in [0.29, 0.717) is 0 Å². The first-order valence-electron chi connectivity index (χ1n) is 7.86. The van der Waals surface area contributed by atoms with Gasteiger partial charge in [0.05, 0.1) is 12.6 Å². The molecule has 2 aromatic rings. The number of nitrogens with one attached hydrogen (secondary N) is 1. The highest BCUT2D eigenvalue weighted by Gasteiger charge is 2.25. The molecule has 28 heavy (non-hydrogen) atoms. The second-order valence-electron chi connectivity index (χ2n) is 5.53. The van der Waals surface area contributed by atoms with E-state index in [1.807, 2.05) is 22.1 Å². The highest BCUT2D eigenvalue weighted by Crippen LogP contribution is 2.26. The van der Waals surface area contributed by atoms with Crippen LogP contribution in [0.1, 0.15) is 12.0 Å². The van der Waals surface area contributed by atoms with Crippen LogP contribution in [0.2, 0.25) is 0 Å². The third-order valence-electron chi connectivity index (χ3n) is 3.52. The van der Waals surface area contributed by atoms with Gasteiger partial charge in [0.15, 0.2) is 23.2 Å². The maximum atomic E-state index is 13.5. The van der Waals surface area contributed by atoms with Crippen LogP contribution < -0.4 is 10.1 Å². The van der Waals surface area contributed by atoms with Crippen LogP contribution in [0.15, 0.2) is 22.9 Å². The molecule has 11 heteroatoms. The molecule has 152 valence electrons. The molecule has 0 fully saturated rings. The summed E-state index contributed by atoms with van der Waals surface area (Å²) in [4.78, 5) is 23.0. The van der Waals surface area contributed by atoms with E-state index in [1.54, 1.807) is 0 Å². The first-order valence-corrected chi connectivity index (χ1v) is 8.80. The van der Waals surface area contributed by atoms with Crippen LogP contribution in [-0.4, -0.2) is 36.2 Å². The van der Waals surface area contributed by atoms with Crippen molar-refractivity contribution in [2.75, 3.05) is 13.2 Å². The van der Waals surface area contributed by atoms with E-state index >= 15 is 0 Å². The molecule has 0 aliphatic carbocycles. The molecule has 0 unspecified atom stereocenters. The van der Waals surface area contributed by atoms with Crippen molar-refractivity contribution >= 4 is 23.2 Å². The van der Waals surface area contributed by atoms with E-state index in [-0.39, 0.29) is 25.7 Å². The summed E-state index contributed by atoms with van der Waals surface area (Å²) in [6, 6.07) is 0.529. The Balaban J connectivity index is 1.94. The fourth-order valence-corrected chi connectivity index (χ4v) is 2.80. The van der Waals surface area contributed by atoms with Gasteiger partial charge in [-0.2, -0.15) is 20.1 Å². The predicted octanol–water partition coefficient (Wildman–Crippen LogP) is 3.50. The largest absolute Gasteiger partial charge is 0.479 e. The van der Waals surface area contributed by atoms with Crippen LogP contribution in [0.5, 0.6) is 5.75 Å². The maximum Gasteiger partial charge on any atom is 0.405 e. The molecule has 0 saturated heterocycles. The predicted molar refractivity (Wildman–Crippen MR) is 90.3 cm³/mol. The third kappa shape index (κ3) is 5.92. The van der Waals surface area contributed by atoms with Gasteiger partial charge in [-0.3, -0.25) is 4.79 Å². The summed E-state index contributed by atoms with van der Waals surface area (Å²) in [7, 11) is 0. The second kappa shape index (κ2) is 10.0. The van der Waals surface area contributed by atoms with Crippen LogP contribution in [0.4, 0.5) is 22.4 Å². The number of carbonyl (C=O) groups excluding carboxylic acids is 1. The van der Waals surface area contributed by atoms with Crippen molar-refractivity contribution in [1.82, 2.24) is 5.32 Å². The zero-order chi connectivity index (χ0) is 20.7. The summed E-state index contributed by atoms with van der Waals surface area (Å²) in [6.45, 7) is -0.747. The lowest BCUT2D eigenvalue weighted by Crippen LogP contribution is -2.43. The van der Waals surface area contributed by atoms with E-state index in [2.05, 4.69) is 4.74 Å². The number of carbonyl (C=O) groups is 2. The van der Waals surface area contributed by atoms with Crippen molar-refractivity contribution in [3.63, 3.8) is 0 Å². The molecule has 0 saturated carbocycles.